The number of thiophene rings is 1. The van der Waals surface area contributed by atoms with Crippen LogP contribution in [0.15, 0.2) is 24.3 Å². The largest absolute Gasteiger partial charge is 0.497 e. The Morgan fingerprint density at radius 2 is 2.08 bits per heavy atom. The molecule has 0 amide bonds. The fourth-order valence-corrected chi connectivity index (χ4v) is 5.84. The smallest absolute Gasteiger partial charge is 0.165 e. The van der Waals surface area contributed by atoms with Gasteiger partial charge in [0.1, 0.15) is 10.8 Å². The van der Waals surface area contributed by atoms with Crippen LogP contribution in [-0.4, -0.2) is 24.9 Å². The van der Waals surface area contributed by atoms with E-state index in [0.29, 0.717) is 5.92 Å². The summed E-state index contributed by atoms with van der Waals surface area (Å²) in [7, 11) is 3.87. The van der Waals surface area contributed by atoms with Gasteiger partial charge in [0.25, 0.3) is 0 Å². The molecule has 2 aromatic rings. The van der Waals surface area contributed by atoms with Crippen LogP contribution in [0.2, 0.25) is 0 Å². The van der Waals surface area contributed by atoms with Crippen LogP contribution >= 0.6 is 11.3 Å². The standard InChI is InChI=1S/C18H23N3O2S/c1-20-18(11-12-3-6-14(18)7-4-12)23-19-21(20)17-9-13-5-8-15(22-2)10-16(13)24-17/h5,8-10,12,14,19H,3-4,6-7,11H2,1-2H3. The number of fused-ring (bicyclic) bond motifs is 3. The summed E-state index contributed by atoms with van der Waals surface area (Å²) in [6, 6.07) is 8.44. The lowest BCUT2D eigenvalue weighted by Gasteiger charge is -2.50. The van der Waals surface area contributed by atoms with E-state index in [1.807, 2.05) is 6.07 Å². The van der Waals surface area contributed by atoms with Gasteiger partial charge in [-0.3, -0.25) is 4.84 Å². The molecule has 1 unspecified atom stereocenters. The van der Waals surface area contributed by atoms with Crippen LogP contribution in [0.1, 0.15) is 32.1 Å². The molecule has 1 atom stereocenters. The second kappa shape index (κ2) is 5.33. The van der Waals surface area contributed by atoms with Gasteiger partial charge in [0, 0.05) is 17.7 Å². The summed E-state index contributed by atoms with van der Waals surface area (Å²) >= 11 is 1.76. The van der Waals surface area contributed by atoms with Crippen LogP contribution in [-0.2, 0) is 4.84 Å². The van der Waals surface area contributed by atoms with Crippen molar-refractivity contribution >= 4 is 26.4 Å². The molecule has 5 nitrogen and oxygen atoms in total. The molecule has 6 rings (SSSR count). The molecule has 1 aromatic carbocycles. The molecule has 2 heterocycles. The topological polar surface area (TPSA) is 37.0 Å². The Hall–Kier alpha value is -1.34. The number of nitrogens with zero attached hydrogens (tertiary/aromatic N) is 2. The van der Waals surface area contributed by atoms with Gasteiger partial charge >= 0.3 is 0 Å². The monoisotopic (exact) mass is 345 g/mol. The fourth-order valence-electron chi connectivity index (χ4n) is 4.76. The number of benzene rings is 1. The van der Waals surface area contributed by atoms with Crippen molar-refractivity contribution in [1.82, 2.24) is 10.6 Å². The van der Waals surface area contributed by atoms with Gasteiger partial charge in [0.2, 0.25) is 0 Å². The highest BCUT2D eigenvalue weighted by Crippen LogP contribution is 2.52. The predicted molar refractivity (Wildman–Crippen MR) is 95.6 cm³/mol. The van der Waals surface area contributed by atoms with Crippen LogP contribution in [0.3, 0.4) is 0 Å². The number of hydrazine groups is 2. The minimum atomic E-state index is -0.172. The highest BCUT2D eigenvalue weighted by Gasteiger charge is 2.56. The van der Waals surface area contributed by atoms with Crippen molar-refractivity contribution in [3.63, 3.8) is 0 Å². The van der Waals surface area contributed by atoms with E-state index in [-0.39, 0.29) is 5.72 Å². The van der Waals surface area contributed by atoms with Gasteiger partial charge in [-0.05, 0) is 67.7 Å². The Morgan fingerprint density at radius 3 is 2.79 bits per heavy atom. The maximum absolute atomic E-state index is 6.22. The molecule has 4 fully saturated rings. The Labute approximate surface area is 146 Å². The molecule has 3 saturated carbocycles. The molecule has 1 N–H and O–H groups in total. The summed E-state index contributed by atoms with van der Waals surface area (Å²) in [4.78, 5) is 6.22. The Morgan fingerprint density at radius 1 is 1.25 bits per heavy atom. The number of ether oxygens (including phenoxy) is 1. The first-order valence-corrected chi connectivity index (χ1v) is 9.56. The van der Waals surface area contributed by atoms with Gasteiger partial charge in [-0.15, -0.1) is 11.3 Å². The summed E-state index contributed by atoms with van der Waals surface area (Å²) in [6.07, 6.45) is 6.44. The third-order valence-electron chi connectivity index (χ3n) is 6.15. The molecule has 1 aliphatic heterocycles. The van der Waals surface area contributed by atoms with Gasteiger partial charge in [-0.1, -0.05) is 5.59 Å². The molecule has 1 spiro atoms. The van der Waals surface area contributed by atoms with Crippen molar-refractivity contribution in [3.05, 3.63) is 24.3 Å². The van der Waals surface area contributed by atoms with E-state index >= 15 is 0 Å². The summed E-state index contributed by atoms with van der Waals surface area (Å²) in [5.74, 6) is 2.33. The number of rotatable bonds is 2. The quantitative estimate of drug-likeness (QED) is 0.893. The van der Waals surface area contributed by atoms with E-state index in [9.17, 15) is 0 Å². The lowest BCUT2D eigenvalue weighted by atomic mass is 9.65. The Bertz CT molecular complexity index is 771. The van der Waals surface area contributed by atoms with E-state index in [1.54, 1.807) is 18.4 Å². The van der Waals surface area contributed by atoms with Gasteiger partial charge in [0.15, 0.2) is 5.72 Å². The molecule has 3 aliphatic carbocycles. The van der Waals surface area contributed by atoms with E-state index in [2.05, 4.69) is 41.0 Å². The highest BCUT2D eigenvalue weighted by atomic mass is 32.1. The van der Waals surface area contributed by atoms with E-state index in [0.717, 1.165) is 23.1 Å². The summed E-state index contributed by atoms with van der Waals surface area (Å²) in [6.45, 7) is 0. The second-order valence-electron chi connectivity index (χ2n) is 7.28. The maximum atomic E-state index is 6.22. The maximum Gasteiger partial charge on any atom is 0.165 e. The lowest BCUT2D eigenvalue weighted by Crippen LogP contribution is -2.58. The minimum absolute atomic E-state index is 0.172. The first-order valence-electron chi connectivity index (χ1n) is 8.75. The zero-order valence-electron chi connectivity index (χ0n) is 14.1. The zero-order valence-corrected chi connectivity index (χ0v) is 14.9. The van der Waals surface area contributed by atoms with Crippen molar-refractivity contribution in [3.8, 4) is 5.75 Å². The Balaban J connectivity index is 1.47. The summed E-state index contributed by atoms with van der Waals surface area (Å²) in [5.41, 5.74) is 3.02. The number of anilines is 1. The molecular weight excluding hydrogens is 322 g/mol. The predicted octanol–water partition coefficient (Wildman–Crippen LogP) is 3.92. The average Bonchev–Trinajstić information content (AvgIpc) is 3.17. The summed E-state index contributed by atoms with van der Waals surface area (Å²) in [5, 5.41) is 6.76. The molecule has 24 heavy (non-hydrogen) atoms. The lowest BCUT2D eigenvalue weighted by molar-refractivity contribution is -0.193. The van der Waals surface area contributed by atoms with Gasteiger partial charge in [-0.25, -0.2) is 5.12 Å². The normalized spacial score (nSPS) is 33.0. The van der Waals surface area contributed by atoms with E-state index in [1.165, 1.54) is 35.8 Å². The number of hydrogen-bond donors (Lipinski definition) is 1. The minimum Gasteiger partial charge on any atom is -0.497 e. The third-order valence-corrected chi connectivity index (χ3v) is 7.22. The van der Waals surface area contributed by atoms with Crippen molar-refractivity contribution in [2.75, 3.05) is 19.3 Å². The number of methoxy groups -OCH3 is 1. The first kappa shape index (κ1) is 15.0. The number of nitrogens with one attached hydrogen (secondary N) is 1. The van der Waals surface area contributed by atoms with Crippen LogP contribution in [0.4, 0.5) is 5.00 Å². The van der Waals surface area contributed by atoms with Crippen molar-refractivity contribution in [2.24, 2.45) is 11.8 Å². The van der Waals surface area contributed by atoms with Crippen LogP contribution in [0, 0.1) is 11.8 Å². The van der Waals surface area contributed by atoms with Crippen molar-refractivity contribution in [2.45, 2.75) is 37.8 Å². The van der Waals surface area contributed by atoms with Gasteiger partial charge < -0.3 is 4.74 Å². The molecule has 128 valence electrons. The van der Waals surface area contributed by atoms with Crippen LogP contribution in [0.5, 0.6) is 5.75 Å². The molecular formula is C18H23N3O2S. The Kier molecular flexibility index (Phi) is 3.32. The van der Waals surface area contributed by atoms with Crippen LogP contribution < -0.4 is 15.4 Å². The highest BCUT2D eigenvalue weighted by molar-refractivity contribution is 7.22. The molecule has 2 bridgehead atoms. The van der Waals surface area contributed by atoms with Gasteiger partial charge in [0.05, 0.1) is 7.11 Å². The van der Waals surface area contributed by atoms with Crippen molar-refractivity contribution in [1.29, 1.82) is 0 Å². The van der Waals surface area contributed by atoms with Gasteiger partial charge in [-0.2, -0.15) is 5.01 Å². The molecule has 0 radical (unpaired) electrons. The summed E-state index contributed by atoms with van der Waals surface area (Å²) < 4.78 is 6.57. The van der Waals surface area contributed by atoms with E-state index < -0.39 is 0 Å². The molecule has 4 aliphatic rings. The van der Waals surface area contributed by atoms with Crippen LogP contribution in [0.25, 0.3) is 10.1 Å². The third kappa shape index (κ3) is 2.03. The van der Waals surface area contributed by atoms with E-state index in [4.69, 9.17) is 9.57 Å². The molecule has 6 heteroatoms. The zero-order chi connectivity index (χ0) is 16.3. The number of hydrogen-bond acceptors (Lipinski definition) is 6. The molecule has 1 aromatic heterocycles. The molecule has 1 saturated heterocycles. The first-order chi connectivity index (χ1) is 11.7. The second-order valence-corrected chi connectivity index (χ2v) is 8.35. The fraction of sp³-hybridized carbons (Fsp3) is 0.556. The average molecular weight is 345 g/mol. The van der Waals surface area contributed by atoms with Crippen molar-refractivity contribution < 1.29 is 9.57 Å². The SMILES string of the molecule is COc1ccc2cc(N3NOC4(CC5CCC4CC5)N3C)sc2c1.